The van der Waals surface area contributed by atoms with E-state index >= 15 is 0 Å². The van der Waals surface area contributed by atoms with Crippen molar-refractivity contribution in [1.29, 1.82) is 0 Å². The second-order valence-electron chi connectivity index (χ2n) is 5.38. The Bertz CT molecular complexity index is 1020. The number of hydrazone groups is 1. The highest BCUT2D eigenvalue weighted by Crippen LogP contribution is 2.25. The van der Waals surface area contributed by atoms with Gasteiger partial charge in [0.05, 0.1) is 6.21 Å². The van der Waals surface area contributed by atoms with E-state index in [1.54, 1.807) is 24.3 Å². The van der Waals surface area contributed by atoms with Crippen LogP contribution in [0.3, 0.4) is 0 Å². The van der Waals surface area contributed by atoms with Crippen LogP contribution in [0.15, 0.2) is 65.8 Å². The number of anilines is 1. The van der Waals surface area contributed by atoms with E-state index in [0.29, 0.717) is 16.3 Å². The number of halogens is 1. The van der Waals surface area contributed by atoms with Crippen molar-refractivity contribution in [3.8, 4) is 5.75 Å². The number of hydrogen-bond acceptors (Lipinski definition) is 4. The summed E-state index contributed by atoms with van der Waals surface area (Å²) in [7, 11) is 0. The summed E-state index contributed by atoms with van der Waals surface area (Å²) in [4.78, 5) is 23.7. The van der Waals surface area contributed by atoms with Crippen molar-refractivity contribution in [2.75, 3.05) is 5.32 Å². The molecule has 0 aromatic heterocycles. The third kappa shape index (κ3) is 3.99. The van der Waals surface area contributed by atoms with Gasteiger partial charge in [0.2, 0.25) is 0 Å². The lowest BCUT2D eigenvalue weighted by Crippen LogP contribution is -2.32. The first kappa shape index (κ1) is 17.4. The zero-order chi connectivity index (χ0) is 18.5. The predicted molar refractivity (Wildman–Crippen MR) is 101 cm³/mol. The molecule has 2 amide bonds. The van der Waals surface area contributed by atoms with Gasteiger partial charge in [0.1, 0.15) is 5.75 Å². The summed E-state index contributed by atoms with van der Waals surface area (Å²) in [5.74, 6) is -1.81. The van der Waals surface area contributed by atoms with E-state index in [2.05, 4.69) is 15.8 Å². The average molecular weight is 368 g/mol. The quantitative estimate of drug-likeness (QED) is 0.377. The van der Waals surface area contributed by atoms with E-state index in [1.165, 1.54) is 18.3 Å². The first-order valence-corrected chi connectivity index (χ1v) is 8.03. The molecule has 0 fully saturated rings. The molecule has 3 rings (SSSR count). The molecule has 0 spiro atoms. The van der Waals surface area contributed by atoms with Crippen molar-refractivity contribution < 1.29 is 14.7 Å². The van der Waals surface area contributed by atoms with E-state index < -0.39 is 11.8 Å². The number of rotatable bonds is 3. The lowest BCUT2D eigenvalue weighted by Gasteiger charge is -2.05. The summed E-state index contributed by atoms with van der Waals surface area (Å²) in [6, 6.07) is 17.2. The zero-order valence-electron chi connectivity index (χ0n) is 13.4. The van der Waals surface area contributed by atoms with Crippen molar-refractivity contribution in [2.45, 2.75) is 0 Å². The van der Waals surface area contributed by atoms with E-state index in [9.17, 15) is 14.7 Å². The van der Waals surface area contributed by atoms with Gasteiger partial charge in [-0.05, 0) is 35.0 Å². The van der Waals surface area contributed by atoms with Gasteiger partial charge in [0.15, 0.2) is 0 Å². The normalized spacial score (nSPS) is 10.8. The molecule has 3 aromatic rings. The topological polar surface area (TPSA) is 90.8 Å². The largest absolute Gasteiger partial charge is 0.507 e. The second kappa shape index (κ2) is 7.67. The molecule has 0 aliphatic rings. The molecule has 0 unspecified atom stereocenters. The van der Waals surface area contributed by atoms with Gasteiger partial charge in [-0.2, -0.15) is 5.10 Å². The summed E-state index contributed by atoms with van der Waals surface area (Å²) >= 11 is 5.82. The number of phenols is 1. The highest BCUT2D eigenvalue weighted by atomic mass is 35.5. The second-order valence-corrected chi connectivity index (χ2v) is 5.82. The average Bonchev–Trinajstić information content (AvgIpc) is 2.63. The van der Waals surface area contributed by atoms with E-state index in [4.69, 9.17) is 11.6 Å². The monoisotopic (exact) mass is 367 g/mol. The van der Waals surface area contributed by atoms with Gasteiger partial charge < -0.3 is 10.4 Å². The number of nitrogens with one attached hydrogen (secondary N) is 2. The number of benzene rings is 3. The van der Waals surface area contributed by atoms with Crippen molar-refractivity contribution in [3.05, 3.63) is 71.2 Å². The lowest BCUT2D eigenvalue weighted by atomic mass is 10.0. The number of amides is 2. The van der Waals surface area contributed by atoms with Crippen LogP contribution < -0.4 is 10.7 Å². The summed E-state index contributed by atoms with van der Waals surface area (Å²) in [5.41, 5.74) is 2.97. The number of carbonyl (C=O) groups excluding carboxylic acids is 2. The highest BCUT2D eigenvalue weighted by Gasteiger charge is 2.13. The standard InChI is InChI=1S/C19H14ClN3O3/c20-13-5-3-6-14(10-13)22-18(25)19(26)23-21-11-16-15-7-2-1-4-12(15)8-9-17(16)24/h1-11,24H,(H,22,25)(H,23,26)/b21-11-. The van der Waals surface area contributed by atoms with Crippen LogP contribution in [-0.4, -0.2) is 23.1 Å². The van der Waals surface area contributed by atoms with Crippen LogP contribution in [0.2, 0.25) is 5.02 Å². The minimum atomic E-state index is -0.944. The Labute approximate surface area is 154 Å². The highest BCUT2D eigenvalue weighted by molar-refractivity contribution is 6.39. The van der Waals surface area contributed by atoms with Gasteiger partial charge >= 0.3 is 11.8 Å². The van der Waals surface area contributed by atoms with Gasteiger partial charge in [-0.25, -0.2) is 5.43 Å². The van der Waals surface area contributed by atoms with Crippen molar-refractivity contribution in [2.24, 2.45) is 5.10 Å². The molecule has 0 radical (unpaired) electrons. The molecule has 0 aliphatic heterocycles. The van der Waals surface area contributed by atoms with Gasteiger partial charge in [-0.3, -0.25) is 9.59 Å². The Morgan fingerprint density at radius 2 is 1.81 bits per heavy atom. The molecule has 130 valence electrons. The number of fused-ring (bicyclic) bond motifs is 1. The minimum Gasteiger partial charge on any atom is -0.507 e. The molecular weight excluding hydrogens is 354 g/mol. The molecule has 6 nitrogen and oxygen atoms in total. The SMILES string of the molecule is O=C(N/N=C\c1c(O)ccc2ccccc12)C(=O)Nc1cccc(Cl)c1. The number of carbonyl (C=O) groups is 2. The Morgan fingerprint density at radius 1 is 1.00 bits per heavy atom. The smallest absolute Gasteiger partial charge is 0.329 e. The Balaban J connectivity index is 1.69. The Hall–Kier alpha value is -3.38. The van der Waals surface area contributed by atoms with Crippen LogP contribution in [0.4, 0.5) is 5.69 Å². The van der Waals surface area contributed by atoms with E-state index in [-0.39, 0.29) is 5.75 Å². The maximum Gasteiger partial charge on any atom is 0.329 e. The third-order valence-corrected chi connectivity index (χ3v) is 3.83. The summed E-state index contributed by atoms with van der Waals surface area (Å²) in [6.45, 7) is 0. The lowest BCUT2D eigenvalue weighted by molar-refractivity contribution is -0.136. The molecule has 0 saturated carbocycles. The number of nitrogens with zero attached hydrogens (tertiary/aromatic N) is 1. The van der Waals surface area contributed by atoms with Gasteiger partial charge in [0, 0.05) is 16.3 Å². The maximum absolute atomic E-state index is 11.9. The third-order valence-electron chi connectivity index (χ3n) is 3.60. The fourth-order valence-corrected chi connectivity index (χ4v) is 2.57. The molecule has 0 saturated heterocycles. The first-order chi connectivity index (χ1) is 12.5. The van der Waals surface area contributed by atoms with Gasteiger partial charge in [0.25, 0.3) is 0 Å². The van der Waals surface area contributed by atoms with Crippen LogP contribution in [0, 0.1) is 0 Å². The van der Waals surface area contributed by atoms with Crippen molar-refractivity contribution in [3.63, 3.8) is 0 Å². The van der Waals surface area contributed by atoms with E-state index in [1.807, 2.05) is 24.3 Å². The molecule has 0 bridgehead atoms. The molecule has 0 heterocycles. The summed E-state index contributed by atoms with van der Waals surface area (Å²) < 4.78 is 0. The molecule has 7 heteroatoms. The van der Waals surface area contributed by atoms with Crippen LogP contribution in [0.1, 0.15) is 5.56 Å². The summed E-state index contributed by atoms with van der Waals surface area (Å²) in [5, 5.41) is 18.3. The van der Waals surface area contributed by atoms with Gasteiger partial charge in [-0.15, -0.1) is 0 Å². The molecule has 0 aliphatic carbocycles. The number of aromatic hydroxyl groups is 1. The fraction of sp³-hybridized carbons (Fsp3) is 0. The number of phenolic OH excluding ortho intramolecular Hbond substituents is 1. The van der Waals surface area contributed by atoms with Crippen LogP contribution in [0.5, 0.6) is 5.75 Å². The Kier molecular flexibility index (Phi) is 5.15. The maximum atomic E-state index is 11.9. The minimum absolute atomic E-state index is 0.0186. The van der Waals surface area contributed by atoms with Gasteiger partial charge in [-0.1, -0.05) is 48.0 Å². The predicted octanol–water partition coefficient (Wildman–Crippen LogP) is 3.29. The molecule has 3 N–H and O–H groups in total. The Morgan fingerprint density at radius 3 is 2.62 bits per heavy atom. The van der Waals surface area contributed by atoms with Crippen LogP contribution in [0.25, 0.3) is 10.8 Å². The first-order valence-electron chi connectivity index (χ1n) is 7.65. The molecule has 26 heavy (non-hydrogen) atoms. The molecular formula is C19H14ClN3O3. The van der Waals surface area contributed by atoms with Crippen molar-refractivity contribution >= 4 is 46.1 Å². The van der Waals surface area contributed by atoms with E-state index in [0.717, 1.165) is 10.8 Å². The summed E-state index contributed by atoms with van der Waals surface area (Å²) in [6.07, 6.45) is 1.29. The fourth-order valence-electron chi connectivity index (χ4n) is 2.38. The molecule has 3 aromatic carbocycles. The van der Waals surface area contributed by atoms with Crippen molar-refractivity contribution in [1.82, 2.24) is 5.43 Å². The number of hydrogen-bond donors (Lipinski definition) is 3. The van der Waals surface area contributed by atoms with Crippen LogP contribution in [-0.2, 0) is 9.59 Å². The van der Waals surface area contributed by atoms with Crippen LogP contribution >= 0.6 is 11.6 Å². The molecule has 0 atom stereocenters. The zero-order valence-corrected chi connectivity index (χ0v) is 14.2.